The van der Waals surface area contributed by atoms with Gasteiger partial charge in [0.05, 0.1) is 17.5 Å². The van der Waals surface area contributed by atoms with Crippen LogP contribution in [0.15, 0.2) is 41.7 Å². The fourth-order valence-corrected chi connectivity index (χ4v) is 3.59. The summed E-state index contributed by atoms with van der Waals surface area (Å²) in [7, 11) is 1.88. The molecule has 1 amide bonds. The standard InChI is InChI=1S/C19H23ClN6OS/c1-5-12(2)26-16(10-11-21-26)22-18(27)13(3)28-19-24-23-17(25(19)4)14-6-8-15(20)9-7-14/h6-13H,5H2,1-4H3,(H,22,27)/t12-,13-/m1/s1. The van der Waals surface area contributed by atoms with Gasteiger partial charge in [-0.3, -0.25) is 4.79 Å². The van der Waals surface area contributed by atoms with Crippen molar-refractivity contribution < 1.29 is 4.79 Å². The first-order valence-electron chi connectivity index (χ1n) is 9.07. The molecule has 0 fully saturated rings. The van der Waals surface area contributed by atoms with Crippen LogP contribution < -0.4 is 5.32 Å². The summed E-state index contributed by atoms with van der Waals surface area (Å²) >= 11 is 7.31. The number of amides is 1. The Balaban J connectivity index is 1.70. The number of rotatable bonds is 7. The number of benzene rings is 1. The molecule has 2 aromatic heterocycles. The second-order valence-electron chi connectivity index (χ2n) is 6.54. The maximum Gasteiger partial charge on any atom is 0.238 e. The summed E-state index contributed by atoms with van der Waals surface area (Å²) in [5.74, 6) is 1.32. The molecule has 1 N–H and O–H groups in total. The number of nitrogens with zero attached hydrogens (tertiary/aromatic N) is 5. The number of thioether (sulfide) groups is 1. The van der Waals surface area contributed by atoms with Crippen molar-refractivity contribution in [2.24, 2.45) is 7.05 Å². The van der Waals surface area contributed by atoms with Gasteiger partial charge in [0.15, 0.2) is 11.0 Å². The molecule has 0 saturated carbocycles. The van der Waals surface area contributed by atoms with Crippen molar-refractivity contribution in [2.45, 2.75) is 43.6 Å². The van der Waals surface area contributed by atoms with Gasteiger partial charge in [0.2, 0.25) is 5.91 Å². The molecule has 0 saturated heterocycles. The third kappa shape index (κ3) is 4.39. The minimum absolute atomic E-state index is 0.105. The molecule has 0 unspecified atom stereocenters. The molecule has 148 valence electrons. The first-order valence-corrected chi connectivity index (χ1v) is 10.3. The summed E-state index contributed by atoms with van der Waals surface area (Å²) in [6.07, 6.45) is 2.63. The SMILES string of the molecule is CC[C@@H](C)n1nccc1NC(=O)[C@@H](C)Sc1nnc(-c2ccc(Cl)cc2)n1C. The van der Waals surface area contributed by atoms with Gasteiger partial charge < -0.3 is 9.88 Å². The molecule has 0 bridgehead atoms. The van der Waals surface area contributed by atoms with Crippen LogP contribution in [0.25, 0.3) is 11.4 Å². The van der Waals surface area contributed by atoms with Crippen molar-refractivity contribution in [3.05, 3.63) is 41.6 Å². The van der Waals surface area contributed by atoms with Crippen LogP contribution in [-0.4, -0.2) is 35.7 Å². The summed E-state index contributed by atoms with van der Waals surface area (Å²) in [5.41, 5.74) is 0.917. The maximum absolute atomic E-state index is 12.7. The first kappa shape index (κ1) is 20.4. The molecule has 0 aliphatic rings. The summed E-state index contributed by atoms with van der Waals surface area (Å²) in [4.78, 5) is 12.7. The normalized spacial score (nSPS) is 13.3. The van der Waals surface area contributed by atoms with Gasteiger partial charge >= 0.3 is 0 Å². The number of carbonyl (C=O) groups is 1. The van der Waals surface area contributed by atoms with E-state index in [1.165, 1.54) is 11.8 Å². The average molecular weight is 419 g/mol. The van der Waals surface area contributed by atoms with E-state index in [0.717, 1.165) is 17.8 Å². The molecular weight excluding hydrogens is 396 g/mol. The van der Waals surface area contributed by atoms with Gasteiger partial charge in [-0.25, -0.2) is 4.68 Å². The number of carbonyl (C=O) groups excluding carboxylic acids is 1. The maximum atomic E-state index is 12.7. The van der Waals surface area contributed by atoms with Crippen molar-refractivity contribution in [2.75, 3.05) is 5.32 Å². The van der Waals surface area contributed by atoms with E-state index >= 15 is 0 Å². The third-order valence-corrected chi connectivity index (χ3v) is 5.90. The number of hydrogen-bond acceptors (Lipinski definition) is 5. The molecule has 0 aliphatic carbocycles. The van der Waals surface area contributed by atoms with Crippen LogP contribution in [-0.2, 0) is 11.8 Å². The van der Waals surface area contributed by atoms with Gasteiger partial charge in [-0.1, -0.05) is 30.3 Å². The van der Waals surface area contributed by atoms with Crippen LogP contribution in [0.2, 0.25) is 5.02 Å². The van der Waals surface area contributed by atoms with E-state index in [1.54, 1.807) is 6.20 Å². The molecule has 2 atom stereocenters. The lowest BCUT2D eigenvalue weighted by atomic mass is 10.2. The Kier molecular flexibility index (Phi) is 6.41. The quantitative estimate of drug-likeness (QED) is 0.574. The van der Waals surface area contributed by atoms with Gasteiger partial charge in [0.1, 0.15) is 5.82 Å². The topological polar surface area (TPSA) is 77.6 Å². The number of aromatic nitrogens is 5. The fourth-order valence-electron chi connectivity index (χ4n) is 2.64. The Labute approximate surface area is 173 Å². The van der Waals surface area contributed by atoms with Crippen LogP contribution in [0.3, 0.4) is 0 Å². The van der Waals surface area contributed by atoms with E-state index in [0.29, 0.717) is 16.0 Å². The monoisotopic (exact) mass is 418 g/mol. The average Bonchev–Trinajstić information content (AvgIpc) is 3.29. The second kappa shape index (κ2) is 8.79. The Morgan fingerprint density at radius 3 is 2.61 bits per heavy atom. The fraction of sp³-hybridized carbons (Fsp3) is 0.368. The Morgan fingerprint density at radius 2 is 1.93 bits per heavy atom. The highest BCUT2D eigenvalue weighted by Crippen LogP contribution is 2.27. The summed E-state index contributed by atoms with van der Waals surface area (Å²) in [6, 6.07) is 9.44. The highest BCUT2D eigenvalue weighted by atomic mass is 35.5. The number of hydrogen-bond donors (Lipinski definition) is 1. The smallest absolute Gasteiger partial charge is 0.238 e. The van der Waals surface area contributed by atoms with Crippen molar-refractivity contribution in [3.63, 3.8) is 0 Å². The van der Waals surface area contributed by atoms with E-state index < -0.39 is 0 Å². The van der Waals surface area contributed by atoms with Crippen molar-refractivity contribution in [3.8, 4) is 11.4 Å². The molecule has 7 nitrogen and oxygen atoms in total. The Morgan fingerprint density at radius 1 is 1.21 bits per heavy atom. The highest BCUT2D eigenvalue weighted by molar-refractivity contribution is 8.00. The minimum Gasteiger partial charge on any atom is -0.310 e. The predicted octanol–water partition coefficient (Wildman–Crippen LogP) is 4.42. The van der Waals surface area contributed by atoms with Crippen LogP contribution in [0.1, 0.15) is 33.2 Å². The predicted molar refractivity (Wildman–Crippen MR) is 113 cm³/mol. The molecule has 9 heteroatoms. The van der Waals surface area contributed by atoms with E-state index in [2.05, 4.69) is 34.5 Å². The molecule has 3 aromatic rings. The molecule has 0 aliphatic heterocycles. The molecule has 28 heavy (non-hydrogen) atoms. The molecular formula is C19H23ClN6OS. The largest absolute Gasteiger partial charge is 0.310 e. The lowest BCUT2D eigenvalue weighted by Crippen LogP contribution is -2.25. The van der Waals surface area contributed by atoms with Gasteiger partial charge in [-0.05, 0) is 44.5 Å². The summed E-state index contributed by atoms with van der Waals surface area (Å²) in [6.45, 7) is 6.00. The van der Waals surface area contributed by atoms with Crippen molar-refractivity contribution in [1.29, 1.82) is 0 Å². The Bertz CT molecular complexity index is 952. The summed E-state index contributed by atoms with van der Waals surface area (Å²) in [5, 5.41) is 16.7. The Hall–Kier alpha value is -2.32. The van der Waals surface area contributed by atoms with Gasteiger partial charge in [0, 0.05) is 23.7 Å². The number of anilines is 1. The lowest BCUT2D eigenvalue weighted by Gasteiger charge is -2.16. The zero-order valence-corrected chi connectivity index (χ0v) is 17.8. The van der Waals surface area contributed by atoms with E-state index in [4.69, 9.17) is 11.6 Å². The lowest BCUT2D eigenvalue weighted by molar-refractivity contribution is -0.115. The second-order valence-corrected chi connectivity index (χ2v) is 8.28. The number of nitrogens with one attached hydrogen (secondary N) is 1. The van der Waals surface area contributed by atoms with Gasteiger partial charge in [0.25, 0.3) is 0 Å². The van der Waals surface area contributed by atoms with Crippen LogP contribution in [0.5, 0.6) is 0 Å². The summed E-state index contributed by atoms with van der Waals surface area (Å²) < 4.78 is 3.71. The molecule has 0 spiro atoms. The molecule has 0 radical (unpaired) electrons. The van der Waals surface area contributed by atoms with Crippen LogP contribution in [0, 0.1) is 0 Å². The van der Waals surface area contributed by atoms with E-state index in [9.17, 15) is 4.79 Å². The van der Waals surface area contributed by atoms with E-state index in [1.807, 2.05) is 53.6 Å². The molecule has 1 aromatic carbocycles. The minimum atomic E-state index is -0.346. The first-order chi connectivity index (χ1) is 13.4. The van der Waals surface area contributed by atoms with Crippen molar-refractivity contribution >= 4 is 35.1 Å². The van der Waals surface area contributed by atoms with Crippen molar-refractivity contribution in [1.82, 2.24) is 24.5 Å². The van der Waals surface area contributed by atoms with Crippen LogP contribution in [0.4, 0.5) is 5.82 Å². The third-order valence-electron chi connectivity index (χ3n) is 4.52. The van der Waals surface area contributed by atoms with Gasteiger partial charge in [-0.15, -0.1) is 10.2 Å². The van der Waals surface area contributed by atoms with Gasteiger partial charge in [-0.2, -0.15) is 5.10 Å². The molecule has 2 heterocycles. The zero-order chi connectivity index (χ0) is 20.3. The zero-order valence-electron chi connectivity index (χ0n) is 16.3. The van der Waals surface area contributed by atoms with Crippen LogP contribution >= 0.6 is 23.4 Å². The number of halogens is 1. The van der Waals surface area contributed by atoms with E-state index in [-0.39, 0.29) is 17.2 Å². The highest BCUT2D eigenvalue weighted by Gasteiger charge is 2.21. The molecule has 3 rings (SSSR count).